The highest BCUT2D eigenvalue weighted by Crippen LogP contribution is 2.19. The van der Waals surface area contributed by atoms with E-state index >= 15 is 0 Å². The smallest absolute Gasteiger partial charge is 0.257 e. The van der Waals surface area contributed by atoms with Crippen molar-refractivity contribution in [1.82, 2.24) is 5.32 Å². The number of nitrogens with one attached hydrogen (secondary N) is 1. The van der Waals surface area contributed by atoms with Gasteiger partial charge in [0, 0.05) is 12.6 Å². The zero-order valence-electron chi connectivity index (χ0n) is 11.5. The molecular formula is C14H20F2N2O. The maximum atomic E-state index is 13.4. The van der Waals surface area contributed by atoms with Crippen LogP contribution in [-0.2, 0) is 0 Å². The highest BCUT2D eigenvalue weighted by molar-refractivity contribution is 5.94. The van der Waals surface area contributed by atoms with Gasteiger partial charge in [-0.25, -0.2) is 8.78 Å². The van der Waals surface area contributed by atoms with E-state index in [1.807, 2.05) is 20.8 Å². The lowest BCUT2D eigenvalue weighted by Gasteiger charge is -2.23. The fraction of sp³-hybridized carbons (Fsp3) is 0.500. The first-order valence-electron chi connectivity index (χ1n) is 6.18. The molecule has 3 N–H and O–H groups in total. The van der Waals surface area contributed by atoms with Gasteiger partial charge in [-0.2, -0.15) is 0 Å². The molecule has 0 fully saturated rings. The van der Waals surface area contributed by atoms with E-state index in [4.69, 9.17) is 5.73 Å². The number of benzene rings is 1. The third-order valence-electron chi connectivity index (χ3n) is 2.59. The zero-order valence-corrected chi connectivity index (χ0v) is 11.5. The molecule has 5 heteroatoms. The minimum Gasteiger partial charge on any atom is -0.350 e. The topological polar surface area (TPSA) is 55.1 Å². The minimum atomic E-state index is -0.873. The summed E-state index contributed by atoms with van der Waals surface area (Å²) in [6, 6.07) is 3.06. The van der Waals surface area contributed by atoms with Crippen molar-refractivity contribution in [3.8, 4) is 0 Å². The Kier molecular flexibility index (Phi) is 5.00. The van der Waals surface area contributed by atoms with Gasteiger partial charge in [0.25, 0.3) is 5.91 Å². The van der Waals surface area contributed by atoms with Crippen LogP contribution in [0.5, 0.6) is 0 Å². The molecule has 1 aromatic rings. The molecule has 1 aromatic carbocycles. The van der Waals surface area contributed by atoms with Gasteiger partial charge in [-0.15, -0.1) is 0 Å². The average molecular weight is 270 g/mol. The molecule has 0 aromatic heterocycles. The highest BCUT2D eigenvalue weighted by atomic mass is 19.1. The van der Waals surface area contributed by atoms with Crippen molar-refractivity contribution in [1.29, 1.82) is 0 Å². The quantitative estimate of drug-likeness (QED) is 0.883. The van der Waals surface area contributed by atoms with Gasteiger partial charge in [-0.3, -0.25) is 4.79 Å². The number of nitrogens with two attached hydrogens (primary N) is 1. The van der Waals surface area contributed by atoms with E-state index in [1.54, 1.807) is 0 Å². The van der Waals surface area contributed by atoms with Crippen LogP contribution in [0.2, 0.25) is 0 Å². The first-order valence-corrected chi connectivity index (χ1v) is 6.18. The number of amides is 1. The maximum absolute atomic E-state index is 13.4. The molecule has 0 saturated heterocycles. The first-order chi connectivity index (χ1) is 8.70. The van der Waals surface area contributed by atoms with E-state index in [2.05, 4.69) is 5.32 Å². The fourth-order valence-corrected chi connectivity index (χ4v) is 1.89. The average Bonchev–Trinajstić information content (AvgIpc) is 2.23. The highest BCUT2D eigenvalue weighted by Gasteiger charge is 2.19. The van der Waals surface area contributed by atoms with E-state index in [0.717, 1.165) is 12.1 Å². The molecule has 0 spiro atoms. The van der Waals surface area contributed by atoms with Crippen LogP contribution in [0.4, 0.5) is 8.78 Å². The Balaban J connectivity index is 2.61. The second kappa shape index (κ2) is 6.10. The molecular weight excluding hydrogens is 250 g/mol. The summed E-state index contributed by atoms with van der Waals surface area (Å²) < 4.78 is 26.7. The number of hydrogen-bond acceptors (Lipinski definition) is 2. The summed E-state index contributed by atoms with van der Waals surface area (Å²) in [7, 11) is 0. The molecule has 3 nitrogen and oxygen atoms in total. The van der Waals surface area contributed by atoms with Crippen molar-refractivity contribution >= 4 is 5.91 Å². The second-order valence-electron chi connectivity index (χ2n) is 5.83. The number of carbonyl (C=O) groups excluding carboxylic acids is 1. The lowest BCUT2D eigenvalue weighted by molar-refractivity contribution is 0.0940. The lowest BCUT2D eigenvalue weighted by atomic mass is 9.88. The molecule has 0 radical (unpaired) electrons. The molecule has 0 heterocycles. The van der Waals surface area contributed by atoms with Crippen molar-refractivity contribution in [2.45, 2.75) is 33.2 Å². The second-order valence-corrected chi connectivity index (χ2v) is 5.83. The predicted octanol–water partition coefficient (Wildman–Crippen LogP) is 2.46. The zero-order chi connectivity index (χ0) is 14.6. The van der Waals surface area contributed by atoms with Gasteiger partial charge >= 0.3 is 0 Å². The normalized spacial score (nSPS) is 13.2. The summed E-state index contributed by atoms with van der Waals surface area (Å²) in [6.45, 7) is 6.28. The monoisotopic (exact) mass is 270 g/mol. The number of carbonyl (C=O) groups is 1. The van der Waals surface area contributed by atoms with Gasteiger partial charge in [0.15, 0.2) is 0 Å². The standard InChI is InChI=1S/C14H20F2N2O/c1-14(2,3)7-9(17)8-18-13(19)12-10(15)5-4-6-11(12)16/h4-6,9H,7-8,17H2,1-3H3,(H,18,19). The summed E-state index contributed by atoms with van der Waals surface area (Å²) in [4.78, 5) is 11.7. The molecule has 1 rings (SSSR count). The van der Waals surface area contributed by atoms with Gasteiger partial charge in [0.05, 0.1) is 0 Å². The molecule has 0 aliphatic rings. The third-order valence-corrected chi connectivity index (χ3v) is 2.59. The van der Waals surface area contributed by atoms with E-state index in [1.165, 1.54) is 6.07 Å². The van der Waals surface area contributed by atoms with Gasteiger partial charge in [0.1, 0.15) is 17.2 Å². The Bertz CT molecular complexity index is 435. The van der Waals surface area contributed by atoms with Crippen molar-refractivity contribution < 1.29 is 13.6 Å². The molecule has 1 atom stereocenters. The van der Waals surface area contributed by atoms with Crippen LogP contribution in [0.3, 0.4) is 0 Å². The Labute approximate surface area is 112 Å². The molecule has 106 valence electrons. The Hall–Kier alpha value is -1.49. The van der Waals surface area contributed by atoms with Gasteiger partial charge in [-0.1, -0.05) is 26.8 Å². The summed E-state index contributed by atoms with van der Waals surface area (Å²) in [5.74, 6) is -2.52. The van der Waals surface area contributed by atoms with Crippen LogP contribution >= 0.6 is 0 Å². The molecule has 1 amide bonds. The van der Waals surface area contributed by atoms with Gasteiger partial charge in [0.2, 0.25) is 0 Å². The summed E-state index contributed by atoms with van der Waals surface area (Å²) >= 11 is 0. The molecule has 1 unspecified atom stereocenters. The fourth-order valence-electron chi connectivity index (χ4n) is 1.89. The first kappa shape index (κ1) is 15.6. The molecule has 0 bridgehead atoms. The number of hydrogen-bond donors (Lipinski definition) is 2. The molecule has 0 aliphatic heterocycles. The van der Waals surface area contributed by atoms with Crippen molar-refractivity contribution in [3.05, 3.63) is 35.4 Å². The molecule has 19 heavy (non-hydrogen) atoms. The number of rotatable bonds is 4. The summed E-state index contributed by atoms with van der Waals surface area (Å²) in [5.41, 5.74) is 5.33. The molecule has 0 aliphatic carbocycles. The van der Waals surface area contributed by atoms with Crippen LogP contribution in [-0.4, -0.2) is 18.5 Å². The van der Waals surface area contributed by atoms with Crippen molar-refractivity contribution in [2.75, 3.05) is 6.54 Å². The van der Waals surface area contributed by atoms with Gasteiger partial charge in [-0.05, 0) is 24.0 Å². The minimum absolute atomic E-state index is 0.0351. The molecule has 0 saturated carbocycles. The summed E-state index contributed by atoms with van der Waals surface area (Å²) in [5, 5.41) is 2.46. The van der Waals surface area contributed by atoms with Crippen LogP contribution in [0.1, 0.15) is 37.6 Å². The van der Waals surface area contributed by atoms with Crippen molar-refractivity contribution in [2.24, 2.45) is 11.1 Å². The van der Waals surface area contributed by atoms with Gasteiger partial charge < -0.3 is 11.1 Å². The van der Waals surface area contributed by atoms with E-state index in [0.29, 0.717) is 6.42 Å². The lowest BCUT2D eigenvalue weighted by Crippen LogP contribution is -2.39. The summed E-state index contributed by atoms with van der Waals surface area (Å²) in [6.07, 6.45) is 0.701. The largest absolute Gasteiger partial charge is 0.350 e. The van der Waals surface area contributed by atoms with Crippen LogP contribution in [0.15, 0.2) is 18.2 Å². The number of halogens is 2. The van der Waals surface area contributed by atoms with Crippen LogP contribution < -0.4 is 11.1 Å². The Morgan fingerprint density at radius 3 is 2.32 bits per heavy atom. The van der Waals surface area contributed by atoms with E-state index < -0.39 is 23.1 Å². The van der Waals surface area contributed by atoms with E-state index in [9.17, 15) is 13.6 Å². The van der Waals surface area contributed by atoms with Crippen LogP contribution in [0, 0.1) is 17.0 Å². The Morgan fingerprint density at radius 1 is 1.32 bits per heavy atom. The Morgan fingerprint density at radius 2 is 1.84 bits per heavy atom. The van der Waals surface area contributed by atoms with Crippen molar-refractivity contribution in [3.63, 3.8) is 0 Å². The predicted molar refractivity (Wildman–Crippen MR) is 70.7 cm³/mol. The van der Waals surface area contributed by atoms with Crippen LogP contribution in [0.25, 0.3) is 0 Å². The maximum Gasteiger partial charge on any atom is 0.257 e. The van der Waals surface area contributed by atoms with E-state index in [-0.39, 0.29) is 18.0 Å². The SMILES string of the molecule is CC(C)(C)CC(N)CNC(=O)c1c(F)cccc1F. The third kappa shape index (κ3) is 4.95.